The number of fused-ring (bicyclic) bond motifs is 1. The number of amides is 1. The summed E-state index contributed by atoms with van der Waals surface area (Å²) in [5.74, 6) is -0.0885. The van der Waals surface area contributed by atoms with E-state index in [0.717, 1.165) is 16.3 Å². The second-order valence-electron chi connectivity index (χ2n) is 4.83. The van der Waals surface area contributed by atoms with E-state index in [1.807, 2.05) is 37.3 Å². The number of hydrogen-bond acceptors (Lipinski definition) is 3. The number of nitrogens with zero attached hydrogens (tertiary/aromatic N) is 1. The van der Waals surface area contributed by atoms with Gasteiger partial charge < -0.3 is 10.4 Å². The lowest BCUT2D eigenvalue weighted by Crippen LogP contribution is -2.14. The second-order valence-corrected chi connectivity index (χ2v) is 4.83. The number of hydrogen-bond donors (Lipinski definition) is 2. The third-order valence-corrected chi connectivity index (χ3v) is 3.35. The lowest BCUT2D eigenvalue weighted by Gasteiger charge is -2.09. The number of aryl methyl sites for hydroxylation is 1. The Morgan fingerprint density at radius 2 is 1.95 bits per heavy atom. The summed E-state index contributed by atoms with van der Waals surface area (Å²) in [6.45, 7) is 1.83. The van der Waals surface area contributed by atoms with Crippen LogP contribution in [0.2, 0.25) is 0 Å². The fourth-order valence-corrected chi connectivity index (χ4v) is 2.27. The molecule has 0 unspecified atom stereocenters. The van der Waals surface area contributed by atoms with Crippen molar-refractivity contribution in [3.8, 4) is 5.75 Å². The number of anilines is 1. The Morgan fingerprint density at radius 1 is 1.14 bits per heavy atom. The van der Waals surface area contributed by atoms with E-state index < -0.39 is 0 Å². The summed E-state index contributed by atoms with van der Waals surface area (Å²) in [7, 11) is 0. The van der Waals surface area contributed by atoms with Crippen LogP contribution in [0.3, 0.4) is 0 Å². The van der Waals surface area contributed by atoms with Gasteiger partial charge in [-0.2, -0.15) is 0 Å². The average molecular weight is 278 g/mol. The zero-order chi connectivity index (χ0) is 14.8. The van der Waals surface area contributed by atoms with Crippen LogP contribution < -0.4 is 5.32 Å². The number of carbonyl (C=O) groups is 1. The maximum absolute atomic E-state index is 12.4. The summed E-state index contributed by atoms with van der Waals surface area (Å²) in [6.07, 6.45) is 1.63. The van der Waals surface area contributed by atoms with Crippen LogP contribution in [0, 0.1) is 6.92 Å². The minimum atomic E-state index is -0.263. The summed E-state index contributed by atoms with van der Waals surface area (Å²) in [4.78, 5) is 16.6. The van der Waals surface area contributed by atoms with Crippen molar-refractivity contribution in [2.45, 2.75) is 6.92 Å². The zero-order valence-corrected chi connectivity index (χ0v) is 11.5. The molecule has 1 heterocycles. The number of benzene rings is 2. The number of rotatable bonds is 2. The summed E-state index contributed by atoms with van der Waals surface area (Å²) < 4.78 is 0. The lowest BCUT2D eigenvalue weighted by molar-refractivity contribution is 0.102. The van der Waals surface area contributed by atoms with Crippen molar-refractivity contribution in [3.63, 3.8) is 0 Å². The van der Waals surface area contributed by atoms with Crippen molar-refractivity contribution in [1.29, 1.82) is 0 Å². The Morgan fingerprint density at radius 3 is 2.76 bits per heavy atom. The maximum Gasteiger partial charge on any atom is 0.274 e. The molecule has 0 atom stereocenters. The van der Waals surface area contributed by atoms with E-state index in [1.165, 1.54) is 0 Å². The summed E-state index contributed by atoms with van der Waals surface area (Å²) in [5, 5.41) is 14.0. The minimum Gasteiger partial charge on any atom is -0.508 e. The lowest BCUT2D eigenvalue weighted by atomic mass is 10.1. The topological polar surface area (TPSA) is 62.2 Å². The summed E-state index contributed by atoms with van der Waals surface area (Å²) >= 11 is 0. The SMILES string of the molecule is Cc1cc(O)ccc1NC(=O)c1nccc2ccccc12. The number of aromatic hydroxyl groups is 1. The van der Waals surface area contributed by atoms with Crippen LogP contribution in [0.4, 0.5) is 5.69 Å². The second kappa shape index (κ2) is 5.25. The first-order valence-electron chi connectivity index (χ1n) is 6.60. The Balaban J connectivity index is 1.97. The Bertz CT molecular complexity index is 823. The van der Waals surface area contributed by atoms with Crippen LogP contribution in [0.5, 0.6) is 5.75 Å². The highest BCUT2D eigenvalue weighted by molar-refractivity contribution is 6.11. The molecule has 0 aliphatic rings. The number of phenols is 1. The van der Waals surface area contributed by atoms with Crippen molar-refractivity contribution >= 4 is 22.4 Å². The van der Waals surface area contributed by atoms with Crippen LogP contribution in [-0.2, 0) is 0 Å². The highest BCUT2D eigenvalue weighted by Gasteiger charge is 2.12. The molecule has 2 aromatic carbocycles. The highest BCUT2D eigenvalue weighted by Crippen LogP contribution is 2.22. The maximum atomic E-state index is 12.4. The van der Waals surface area contributed by atoms with Gasteiger partial charge in [0.1, 0.15) is 11.4 Å². The molecule has 0 aliphatic carbocycles. The Hall–Kier alpha value is -2.88. The molecule has 104 valence electrons. The number of pyridine rings is 1. The molecule has 4 heteroatoms. The largest absolute Gasteiger partial charge is 0.508 e. The molecule has 1 aromatic heterocycles. The van der Waals surface area contributed by atoms with Crippen molar-refractivity contribution in [2.24, 2.45) is 0 Å². The summed E-state index contributed by atoms with van der Waals surface area (Å²) in [6, 6.07) is 14.3. The molecule has 2 N–H and O–H groups in total. The molecule has 0 radical (unpaired) electrons. The molecule has 1 amide bonds. The molecule has 4 nitrogen and oxygen atoms in total. The van der Waals surface area contributed by atoms with E-state index in [-0.39, 0.29) is 11.7 Å². The molecule has 0 saturated carbocycles. The van der Waals surface area contributed by atoms with E-state index in [1.54, 1.807) is 24.4 Å². The zero-order valence-electron chi connectivity index (χ0n) is 11.5. The highest BCUT2D eigenvalue weighted by atomic mass is 16.3. The average Bonchev–Trinajstić information content (AvgIpc) is 2.49. The van der Waals surface area contributed by atoms with Crippen molar-refractivity contribution in [1.82, 2.24) is 4.98 Å². The first-order chi connectivity index (χ1) is 10.1. The van der Waals surface area contributed by atoms with Gasteiger partial charge in [-0.15, -0.1) is 0 Å². The van der Waals surface area contributed by atoms with Gasteiger partial charge >= 0.3 is 0 Å². The van der Waals surface area contributed by atoms with Gasteiger partial charge in [0.2, 0.25) is 0 Å². The standard InChI is InChI=1S/C17H14N2O2/c1-11-10-13(20)6-7-15(11)19-17(21)16-14-5-3-2-4-12(14)8-9-18-16/h2-10,20H,1H3,(H,19,21). The van der Waals surface area contributed by atoms with Gasteiger partial charge in [-0.3, -0.25) is 9.78 Å². The first kappa shape index (κ1) is 13.1. The number of nitrogens with one attached hydrogen (secondary N) is 1. The quantitative estimate of drug-likeness (QED) is 0.705. The molecule has 0 bridgehead atoms. The fourth-order valence-electron chi connectivity index (χ4n) is 2.27. The molecule has 0 saturated heterocycles. The van der Waals surface area contributed by atoms with Gasteiger partial charge in [-0.25, -0.2) is 0 Å². The smallest absolute Gasteiger partial charge is 0.274 e. The van der Waals surface area contributed by atoms with Gasteiger partial charge in [0.25, 0.3) is 5.91 Å². The van der Waals surface area contributed by atoms with Crippen LogP contribution >= 0.6 is 0 Å². The summed E-state index contributed by atoms with van der Waals surface area (Å²) in [5.41, 5.74) is 1.84. The molecule has 0 aliphatic heterocycles. The Kier molecular flexibility index (Phi) is 3.28. The molecule has 3 aromatic rings. The van der Waals surface area contributed by atoms with E-state index in [2.05, 4.69) is 10.3 Å². The van der Waals surface area contributed by atoms with Gasteiger partial charge in [0.15, 0.2) is 0 Å². The van der Waals surface area contributed by atoms with Crippen LogP contribution in [0.15, 0.2) is 54.7 Å². The predicted molar refractivity (Wildman–Crippen MR) is 82.5 cm³/mol. The third kappa shape index (κ3) is 2.56. The molecular formula is C17H14N2O2. The van der Waals surface area contributed by atoms with Crippen molar-refractivity contribution in [2.75, 3.05) is 5.32 Å². The molecule has 0 spiro atoms. The van der Waals surface area contributed by atoms with Gasteiger partial charge in [-0.1, -0.05) is 24.3 Å². The van der Waals surface area contributed by atoms with E-state index >= 15 is 0 Å². The van der Waals surface area contributed by atoms with E-state index in [4.69, 9.17) is 0 Å². The number of carbonyl (C=O) groups excluding carboxylic acids is 1. The molecule has 21 heavy (non-hydrogen) atoms. The van der Waals surface area contributed by atoms with E-state index in [0.29, 0.717) is 11.4 Å². The van der Waals surface area contributed by atoms with Crippen LogP contribution in [-0.4, -0.2) is 16.0 Å². The van der Waals surface area contributed by atoms with Gasteiger partial charge in [0.05, 0.1) is 0 Å². The minimum absolute atomic E-state index is 0.175. The predicted octanol–water partition coefficient (Wildman–Crippen LogP) is 3.50. The van der Waals surface area contributed by atoms with Crippen LogP contribution in [0.1, 0.15) is 16.1 Å². The molecular weight excluding hydrogens is 264 g/mol. The number of phenolic OH excluding ortho intramolecular Hbond substituents is 1. The third-order valence-electron chi connectivity index (χ3n) is 3.35. The van der Waals surface area contributed by atoms with Crippen LogP contribution in [0.25, 0.3) is 10.8 Å². The normalized spacial score (nSPS) is 10.5. The van der Waals surface area contributed by atoms with Crippen molar-refractivity contribution < 1.29 is 9.90 Å². The van der Waals surface area contributed by atoms with Gasteiger partial charge in [-0.05, 0) is 42.1 Å². The number of aromatic nitrogens is 1. The monoisotopic (exact) mass is 278 g/mol. The Labute approximate surface area is 122 Å². The fraction of sp³-hybridized carbons (Fsp3) is 0.0588. The van der Waals surface area contributed by atoms with Gasteiger partial charge in [0, 0.05) is 17.3 Å². The van der Waals surface area contributed by atoms with Crippen molar-refractivity contribution in [3.05, 3.63) is 66.0 Å². The molecule has 3 rings (SSSR count). The molecule has 0 fully saturated rings. The first-order valence-corrected chi connectivity index (χ1v) is 6.60. The van der Waals surface area contributed by atoms with E-state index in [9.17, 15) is 9.90 Å².